The zero-order valence-electron chi connectivity index (χ0n) is 12.5. The van der Waals surface area contributed by atoms with Gasteiger partial charge in [0, 0.05) is 23.2 Å². The van der Waals surface area contributed by atoms with Gasteiger partial charge in [-0.15, -0.1) is 0 Å². The van der Waals surface area contributed by atoms with Crippen molar-refractivity contribution in [3.05, 3.63) is 23.0 Å². The summed E-state index contributed by atoms with van der Waals surface area (Å²) in [6.45, 7) is 8.42. The molecule has 1 atom stereocenters. The smallest absolute Gasteiger partial charge is 0.223 e. The number of hydrogen-bond acceptors (Lipinski definition) is 3. The number of ether oxygens (including phenoxy) is 1. The topological polar surface area (TPSA) is 51.2 Å². The minimum Gasteiger partial charge on any atom is -0.496 e. The molecule has 1 amide bonds. The Hall–Kier alpha value is -1.58. The molecule has 19 heavy (non-hydrogen) atoms. The third kappa shape index (κ3) is 3.94. The number of aryl methyl sites for hydroxylation is 1. The van der Waals surface area contributed by atoms with E-state index in [1.165, 1.54) is 0 Å². The molecule has 1 aromatic rings. The van der Waals surface area contributed by atoms with Crippen molar-refractivity contribution in [1.29, 1.82) is 0 Å². The normalized spacial score (nSPS) is 12.1. The standard InChI is InChI=1S/C15H24N2O2/c1-6-7-10(2)15(18)17-9-13-12(4)14(19-5)11(3)8-16-13/h8,10H,6-7,9H2,1-5H3,(H,17,18)/t10-/m0/s1. The lowest BCUT2D eigenvalue weighted by atomic mass is 10.1. The van der Waals surface area contributed by atoms with E-state index in [9.17, 15) is 4.79 Å². The van der Waals surface area contributed by atoms with Crippen molar-refractivity contribution < 1.29 is 9.53 Å². The van der Waals surface area contributed by atoms with Crippen molar-refractivity contribution >= 4 is 5.91 Å². The largest absolute Gasteiger partial charge is 0.496 e. The summed E-state index contributed by atoms with van der Waals surface area (Å²) in [7, 11) is 1.65. The molecule has 0 spiro atoms. The summed E-state index contributed by atoms with van der Waals surface area (Å²) in [6.07, 6.45) is 3.71. The summed E-state index contributed by atoms with van der Waals surface area (Å²) < 4.78 is 5.36. The minimum absolute atomic E-state index is 0.0534. The Morgan fingerprint density at radius 3 is 2.74 bits per heavy atom. The van der Waals surface area contributed by atoms with E-state index < -0.39 is 0 Å². The van der Waals surface area contributed by atoms with Gasteiger partial charge in [0.05, 0.1) is 19.3 Å². The molecule has 0 fully saturated rings. The van der Waals surface area contributed by atoms with Crippen LogP contribution in [-0.2, 0) is 11.3 Å². The Morgan fingerprint density at radius 2 is 2.16 bits per heavy atom. The van der Waals surface area contributed by atoms with E-state index in [1.807, 2.05) is 20.8 Å². The first-order chi connectivity index (χ1) is 9.01. The van der Waals surface area contributed by atoms with Gasteiger partial charge in [0.1, 0.15) is 5.75 Å². The lowest BCUT2D eigenvalue weighted by molar-refractivity contribution is -0.124. The van der Waals surface area contributed by atoms with E-state index in [0.29, 0.717) is 6.54 Å². The van der Waals surface area contributed by atoms with Crippen LogP contribution in [0.2, 0.25) is 0 Å². The van der Waals surface area contributed by atoms with Crippen LogP contribution in [0.4, 0.5) is 0 Å². The molecule has 0 saturated heterocycles. The molecule has 0 unspecified atom stereocenters. The highest BCUT2D eigenvalue weighted by atomic mass is 16.5. The maximum Gasteiger partial charge on any atom is 0.223 e. The van der Waals surface area contributed by atoms with Crippen LogP contribution in [0.15, 0.2) is 6.20 Å². The van der Waals surface area contributed by atoms with Crippen LogP contribution in [0, 0.1) is 19.8 Å². The predicted octanol–water partition coefficient (Wildman–Crippen LogP) is 2.76. The molecule has 0 aromatic carbocycles. The Bertz CT molecular complexity index is 444. The van der Waals surface area contributed by atoms with Crippen LogP contribution >= 0.6 is 0 Å². The number of carbonyl (C=O) groups excluding carboxylic acids is 1. The molecular weight excluding hydrogens is 240 g/mol. The maximum absolute atomic E-state index is 11.9. The van der Waals surface area contributed by atoms with Crippen molar-refractivity contribution in [3.8, 4) is 5.75 Å². The average Bonchev–Trinajstić information content (AvgIpc) is 2.38. The van der Waals surface area contributed by atoms with Gasteiger partial charge in [-0.05, 0) is 20.3 Å². The highest BCUT2D eigenvalue weighted by Gasteiger charge is 2.13. The van der Waals surface area contributed by atoms with Crippen LogP contribution in [-0.4, -0.2) is 18.0 Å². The van der Waals surface area contributed by atoms with Crippen molar-refractivity contribution in [2.24, 2.45) is 5.92 Å². The van der Waals surface area contributed by atoms with Crippen molar-refractivity contribution in [1.82, 2.24) is 10.3 Å². The monoisotopic (exact) mass is 264 g/mol. The summed E-state index contributed by atoms with van der Waals surface area (Å²) in [5.41, 5.74) is 2.86. The number of pyridine rings is 1. The highest BCUT2D eigenvalue weighted by Crippen LogP contribution is 2.23. The van der Waals surface area contributed by atoms with E-state index in [1.54, 1.807) is 13.3 Å². The summed E-state index contributed by atoms with van der Waals surface area (Å²) >= 11 is 0. The average molecular weight is 264 g/mol. The first-order valence-corrected chi connectivity index (χ1v) is 6.78. The second kappa shape index (κ2) is 7.12. The first kappa shape index (κ1) is 15.5. The van der Waals surface area contributed by atoms with Crippen molar-refractivity contribution in [2.45, 2.75) is 47.1 Å². The van der Waals surface area contributed by atoms with Gasteiger partial charge in [-0.3, -0.25) is 9.78 Å². The number of nitrogens with one attached hydrogen (secondary N) is 1. The van der Waals surface area contributed by atoms with Crippen LogP contribution in [0.25, 0.3) is 0 Å². The van der Waals surface area contributed by atoms with Gasteiger partial charge in [-0.1, -0.05) is 20.3 Å². The zero-order chi connectivity index (χ0) is 14.4. The highest BCUT2D eigenvalue weighted by molar-refractivity contribution is 5.78. The molecule has 1 heterocycles. The number of nitrogens with zero attached hydrogens (tertiary/aromatic N) is 1. The molecule has 4 heteroatoms. The lowest BCUT2D eigenvalue weighted by Crippen LogP contribution is -2.29. The summed E-state index contributed by atoms with van der Waals surface area (Å²) in [4.78, 5) is 16.2. The Balaban J connectivity index is 2.71. The third-order valence-electron chi connectivity index (χ3n) is 3.35. The van der Waals surface area contributed by atoms with Gasteiger partial charge < -0.3 is 10.1 Å². The fraction of sp³-hybridized carbons (Fsp3) is 0.600. The molecule has 0 aliphatic rings. The summed E-state index contributed by atoms with van der Waals surface area (Å²) in [5, 5.41) is 2.94. The van der Waals surface area contributed by atoms with Gasteiger partial charge in [-0.2, -0.15) is 0 Å². The summed E-state index contributed by atoms with van der Waals surface area (Å²) in [6, 6.07) is 0. The molecule has 0 saturated carbocycles. The second-order valence-corrected chi connectivity index (χ2v) is 4.95. The van der Waals surface area contributed by atoms with Crippen molar-refractivity contribution in [2.75, 3.05) is 7.11 Å². The van der Waals surface area contributed by atoms with Gasteiger partial charge >= 0.3 is 0 Å². The maximum atomic E-state index is 11.9. The third-order valence-corrected chi connectivity index (χ3v) is 3.35. The van der Waals surface area contributed by atoms with Gasteiger partial charge in [0.2, 0.25) is 5.91 Å². The van der Waals surface area contributed by atoms with Crippen LogP contribution in [0.1, 0.15) is 43.5 Å². The quantitative estimate of drug-likeness (QED) is 0.859. The molecule has 1 aromatic heterocycles. The van der Waals surface area contributed by atoms with E-state index in [0.717, 1.165) is 35.4 Å². The van der Waals surface area contributed by atoms with Gasteiger partial charge in [0.15, 0.2) is 0 Å². The van der Waals surface area contributed by atoms with E-state index in [-0.39, 0.29) is 11.8 Å². The molecular formula is C15H24N2O2. The molecule has 0 bridgehead atoms. The zero-order valence-corrected chi connectivity index (χ0v) is 12.5. The van der Waals surface area contributed by atoms with Crippen LogP contribution < -0.4 is 10.1 Å². The predicted molar refractivity (Wildman–Crippen MR) is 76.2 cm³/mol. The Labute approximate surface area is 115 Å². The fourth-order valence-electron chi connectivity index (χ4n) is 2.16. The summed E-state index contributed by atoms with van der Waals surface area (Å²) in [5.74, 6) is 0.987. The van der Waals surface area contributed by atoms with Gasteiger partial charge in [-0.25, -0.2) is 0 Å². The molecule has 0 radical (unpaired) electrons. The van der Waals surface area contributed by atoms with Gasteiger partial charge in [0.25, 0.3) is 0 Å². The Kier molecular flexibility index (Phi) is 5.80. The van der Waals surface area contributed by atoms with E-state index in [4.69, 9.17) is 4.74 Å². The van der Waals surface area contributed by atoms with E-state index >= 15 is 0 Å². The number of aromatic nitrogens is 1. The number of rotatable bonds is 6. The van der Waals surface area contributed by atoms with Crippen LogP contribution in [0.5, 0.6) is 5.75 Å². The number of hydrogen-bond donors (Lipinski definition) is 1. The number of carbonyl (C=O) groups is 1. The SMILES string of the molecule is CCC[C@H](C)C(=O)NCc1ncc(C)c(OC)c1C. The van der Waals surface area contributed by atoms with E-state index in [2.05, 4.69) is 17.2 Å². The number of amides is 1. The lowest BCUT2D eigenvalue weighted by Gasteiger charge is -2.14. The fourth-order valence-corrected chi connectivity index (χ4v) is 2.16. The Morgan fingerprint density at radius 1 is 1.47 bits per heavy atom. The molecule has 0 aliphatic heterocycles. The molecule has 0 aliphatic carbocycles. The van der Waals surface area contributed by atoms with Crippen molar-refractivity contribution in [3.63, 3.8) is 0 Å². The molecule has 1 rings (SSSR count). The first-order valence-electron chi connectivity index (χ1n) is 6.78. The molecule has 106 valence electrons. The minimum atomic E-state index is 0.0534. The molecule has 1 N–H and O–H groups in total. The molecule has 4 nitrogen and oxygen atoms in total. The second-order valence-electron chi connectivity index (χ2n) is 4.95. The van der Waals surface area contributed by atoms with Crippen LogP contribution in [0.3, 0.4) is 0 Å². The number of methoxy groups -OCH3 is 1.